The van der Waals surface area contributed by atoms with Crippen LogP contribution in [0.1, 0.15) is 53.8 Å². The molecule has 0 spiro atoms. The van der Waals surface area contributed by atoms with Gasteiger partial charge < -0.3 is 15.0 Å². The average molecular weight is 445 g/mol. The molecule has 0 radical (unpaired) electrons. The zero-order chi connectivity index (χ0) is 20.1. The first-order valence-electron chi connectivity index (χ1n) is 9.61. The molecule has 0 aromatic heterocycles. The lowest BCUT2D eigenvalue weighted by molar-refractivity contribution is 0.0724. The molecule has 1 aliphatic rings. The van der Waals surface area contributed by atoms with Crippen LogP contribution in [-0.4, -0.2) is 35.9 Å². The zero-order valence-corrected chi connectivity index (χ0v) is 17.8. The summed E-state index contributed by atoms with van der Waals surface area (Å²) in [7, 11) is 0. The molecule has 148 valence electrons. The van der Waals surface area contributed by atoms with E-state index in [1.807, 2.05) is 18.7 Å². The predicted octanol–water partition coefficient (Wildman–Crippen LogP) is 5.11. The molecule has 5 nitrogen and oxygen atoms in total. The van der Waals surface area contributed by atoms with Gasteiger partial charge in [0.05, 0.1) is 10.6 Å². The van der Waals surface area contributed by atoms with Gasteiger partial charge in [-0.05, 0) is 91.5 Å². The largest absolute Gasteiger partial charge is 0.490 e. The number of amides is 2. The smallest absolute Gasteiger partial charge is 0.255 e. The first-order valence-corrected chi connectivity index (χ1v) is 10.4. The molecule has 2 aromatic carbocycles. The van der Waals surface area contributed by atoms with Crippen molar-refractivity contribution < 1.29 is 14.3 Å². The SMILES string of the molecule is CC(C)Oc1ccc(C(=O)Nc2ccc(C(=O)N3CCCCC3)cc2)cc1Br. The topological polar surface area (TPSA) is 58.6 Å². The van der Waals surface area contributed by atoms with E-state index in [2.05, 4.69) is 21.2 Å². The number of ether oxygens (including phenoxy) is 1. The first kappa shape index (κ1) is 20.4. The Kier molecular flexibility index (Phi) is 6.73. The van der Waals surface area contributed by atoms with Crippen LogP contribution in [0.25, 0.3) is 0 Å². The molecular formula is C22H25BrN2O3. The summed E-state index contributed by atoms with van der Waals surface area (Å²) >= 11 is 3.45. The Morgan fingerprint density at radius 2 is 1.64 bits per heavy atom. The van der Waals surface area contributed by atoms with Crippen molar-refractivity contribution >= 4 is 33.4 Å². The summed E-state index contributed by atoms with van der Waals surface area (Å²) in [6.45, 7) is 5.55. The monoisotopic (exact) mass is 444 g/mol. The molecule has 6 heteroatoms. The minimum absolute atomic E-state index is 0.0575. The number of halogens is 1. The molecule has 0 saturated carbocycles. The van der Waals surface area contributed by atoms with Gasteiger partial charge in [-0.1, -0.05) is 0 Å². The summed E-state index contributed by atoms with van der Waals surface area (Å²) in [6.07, 6.45) is 3.38. The Balaban J connectivity index is 1.64. The van der Waals surface area contributed by atoms with Gasteiger partial charge in [0.1, 0.15) is 5.75 Å². The lowest BCUT2D eigenvalue weighted by Crippen LogP contribution is -2.35. The van der Waals surface area contributed by atoms with Crippen LogP contribution in [-0.2, 0) is 0 Å². The van der Waals surface area contributed by atoms with E-state index in [1.54, 1.807) is 42.5 Å². The van der Waals surface area contributed by atoms with Crippen LogP contribution in [0.2, 0.25) is 0 Å². The minimum atomic E-state index is -0.216. The fourth-order valence-electron chi connectivity index (χ4n) is 3.17. The molecule has 1 fully saturated rings. The molecular weight excluding hydrogens is 420 g/mol. The molecule has 0 unspecified atom stereocenters. The average Bonchev–Trinajstić information content (AvgIpc) is 2.70. The number of anilines is 1. The molecule has 1 heterocycles. The highest BCUT2D eigenvalue weighted by Crippen LogP contribution is 2.27. The lowest BCUT2D eigenvalue weighted by Gasteiger charge is -2.26. The summed E-state index contributed by atoms with van der Waals surface area (Å²) in [5.74, 6) is 0.543. The number of benzene rings is 2. The van der Waals surface area contributed by atoms with Crippen molar-refractivity contribution in [2.24, 2.45) is 0 Å². The molecule has 1 saturated heterocycles. The van der Waals surface area contributed by atoms with E-state index in [0.29, 0.717) is 22.6 Å². The van der Waals surface area contributed by atoms with Crippen LogP contribution in [0.3, 0.4) is 0 Å². The number of hydrogen-bond donors (Lipinski definition) is 1. The van der Waals surface area contributed by atoms with Gasteiger partial charge in [-0.3, -0.25) is 9.59 Å². The second kappa shape index (κ2) is 9.24. The number of rotatable bonds is 5. The van der Waals surface area contributed by atoms with E-state index < -0.39 is 0 Å². The highest BCUT2D eigenvalue weighted by Gasteiger charge is 2.18. The summed E-state index contributed by atoms with van der Waals surface area (Å²) < 4.78 is 6.40. The molecule has 0 atom stereocenters. The number of nitrogens with zero attached hydrogens (tertiary/aromatic N) is 1. The predicted molar refractivity (Wildman–Crippen MR) is 114 cm³/mol. The maximum absolute atomic E-state index is 12.5. The van der Waals surface area contributed by atoms with Gasteiger partial charge in [0, 0.05) is 29.9 Å². The van der Waals surface area contributed by atoms with E-state index in [1.165, 1.54) is 6.42 Å². The molecule has 28 heavy (non-hydrogen) atoms. The Morgan fingerprint density at radius 3 is 2.25 bits per heavy atom. The number of piperidine rings is 1. The highest BCUT2D eigenvalue weighted by atomic mass is 79.9. The summed E-state index contributed by atoms with van der Waals surface area (Å²) in [5, 5.41) is 2.87. The molecule has 1 N–H and O–H groups in total. The third-order valence-electron chi connectivity index (χ3n) is 4.59. The van der Waals surface area contributed by atoms with Crippen molar-refractivity contribution in [2.45, 2.75) is 39.2 Å². The van der Waals surface area contributed by atoms with Gasteiger partial charge in [0.25, 0.3) is 11.8 Å². The normalized spacial score (nSPS) is 14.1. The molecule has 2 amide bonds. The second-order valence-electron chi connectivity index (χ2n) is 7.20. The van der Waals surface area contributed by atoms with Gasteiger partial charge in [-0.2, -0.15) is 0 Å². The quantitative estimate of drug-likeness (QED) is 0.696. The molecule has 2 aromatic rings. The van der Waals surface area contributed by atoms with Crippen molar-refractivity contribution in [3.63, 3.8) is 0 Å². The maximum atomic E-state index is 12.5. The third kappa shape index (κ3) is 5.13. The maximum Gasteiger partial charge on any atom is 0.255 e. The van der Waals surface area contributed by atoms with Crippen molar-refractivity contribution in [2.75, 3.05) is 18.4 Å². The van der Waals surface area contributed by atoms with E-state index in [0.717, 1.165) is 30.4 Å². The Bertz CT molecular complexity index is 843. The van der Waals surface area contributed by atoms with Crippen molar-refractivity contribution in [1.82, 2.24) is 4.90 Å². The minimum Gasteiger partial charge on any atom is -0.490 e. The van der Waals surface area contributed by atoms with Crippen LogP contribution < -0.4 is 10.1 Å². The van der Waals surface area contributed by atoms with Gasteiger partial charge in [-0.15, -0.1) is 0 Å². The van der Waals surface area contributed by atoms with E-state index in [-0.39, 0.29) is 17.9 Å². The molecule has 0 aliphatic carbocycles. The standard InChI is InChI=1S/C22H25BrN2O3/c1-15(2)28-20-11-8-17(14-19(20)23)21(26)24-18-9-6-16(7-10-18)22(27)25-12-4-3-5-13-25/h6-11,14-15H,3-5,12-13H2,1-2H3,(H,24,26). The van der Waals surface area contributed by atoms with Crippen molar-refractivity contribution in [1.29, 1.82) is 0 Å². The van der Waals surface area contributed by atoms with Gasteiger partial charge in [0.2, 0.25) is 0 Å². The van der Waals surface area contributed by atoms with Crippen LogP contribution in [0, 0.1) is 0 Å². The number of likely N-dealkylation sites (tertiary alicyclic amines) is 1. The molecule has 0 bridgehead atoms. The van der Waals surface area contributed by atoms with Crippen molar-refractivity contribution in [3.05, 3.63) is 58.1 Å². The number of carbonyl (C=O) groups excluding carboxylic acids is 2. The van der Waals surface area contributed by atoms with Crippen LogP contribution in [0.4, 0.5) is 5.69 Å². The van der Waals surface area contributed by atoms with E-state index >= 15 is 0 Å². The second-order valence-corrected chi connectivity index (χ2v) is 8.05. The summed E-state index contributed by atoms with van der Waals surface area (Å²) in [6, 6.07) is 12.3. The summed E-state index contributed by atoms with van der Waals surface area (Å²) in [4.78, 5) is 26.9. The van der Waals surface area contributed by atoms with Crippen molar-refractivity contribution in [3.8, 4) is 5.75 Å². The number of carbonyl (C=O) groups is 2. The molecule has 1 aliphatic heterocycles. The van der Waals surface area contributed by atoms with Gasteiger partial charge in [-0.25, -0.2) is 0 Å². The first-order chi connectivity index (χ1) is 13.4. The van der Waals surface area contributed by atoms with Crippen LogP contribution >= 0.6 is 15.9 Å². The van der Waals surface area contributed by atoms with E-state index in [4.69, 9.17) is 4.74 Å². The van der Waals surface area contributed by atoms with Crippen LogP contribution in [0.15, 0.2) is 46.9 Å². The fourth-order valence-corrected chi connectivity index (χ4v) is 3.64. The third-order valence-corrected chi connectivity index (χ3v) is 5.21. The number of nitrogens with one attached hydrogen (secondary N) is 1. The fraction of sp³-hybridized carbons (Fsp3) is 0.364. The Labute approximate surface area is 174 Å². The zero-order valence-electron chi connectivity index (χ0n) is 16.2. The number of hydrogen-bond acceptors (Lipinski definition) is 3. The van der Waals surface area contributed by atoms with E-state index in [9.17, 15) is 9.59 Å². The lowest BCUT2D eigenvalue weighted by atomic mass is 10.1. The van der Waals surface area contributed by atoms with Gasteiger partial charge in [0.15, 0.2) is 0 Å². The summed E-state index contributed by atoms with van der Waals surface area (Å²) in [5.41, 5.74) is 1.83. The Morgan fingerprint density at radius 1 is 1.00 bits per heavy atom. The highest BCUT2D eigenvalue weighted by molar-refractivity contribution is 9.10. The van der Waals surface area contributed by atoms with Crippen LogP contribution in [0.5, 0.6) is 5.75 Å². The molecule has 3 rings (SSSR count). The Hall–Kier alpha value is -2.34. The van der Waals surface area contributed by atoms with Gasteiger partial charge >= 0.3 is 0 Å².